The number of nitrogens with zero attached hydrogens (tertiary/aromatic N) is 2. The molecule has 0 atom stereocenters. The smallest absolute Gasteiger partial charge is 0.255 e. The Morgan fingerprint density at radius 2 is 1.69 bits per heavy atom. The van der Waals surface area contributed by atoms with Crippen molar-refractivity contribution >= 4 is 21.6 Å². The van der Waals surface area contributed by atoms with E-state index in [0.717, 1.165) is 0 Å². The van der Waals surface area contributed by atoms with Crippen LogP contribution >= 0.6 is 0 Å². The summed E-state index contributed by atoms with van der Waals surface area (Å²) in [6, 6.07) is 11.9. The van der Waals surface area contributed by atoms with Crippen LogP contribution in [0.5, 0.6) is 5.75 Å². The quantitative estimate of drug-likeness (QED) is 0.572. The maximum Gasteiger partial charge on any atom is 0.255 e. The number of benzene rings is 2. The Hall–Kier alpha value is -3.30. The van der Waals surface area contributed by atoms with Gasteiger partial charge in [0.25, 0.3) is 5.91 Å². The fourth-order valence-electron chi connectivity index (χ4n) is 2.55. The van der Waals surface area contributed by atoms with E-state index in [0.29, 0.717) is 22.6 Å². The summed E-state index contributed by atoms with van der Waals surface area (Å²) in [6.07, 6.45) is 2.91. The highest BCUT2D eigenvalue weighted by molar-refractivity contribution is 7.89. The molecule has 2 aromatic carbocycles. The molecular weight excluding hydrogens is 392 g/mol. The molecule has 1 amide bonds. The Morgan fingerprint density at radius 1 is 1.03 bits per heavy atom. The SMILES string of the molecule is CC(C)NS(=O)(=O)c1ccc(C(=O)Nc2cnc(-c3cccc(O)c3)nc2)cc1. The van der Waals surface area contributed by atoms with Crippen LogP contribution in [0.2, 0.25) is 0 Å². The number of hydrogen-bond acceptors (Lipinski definition) is 6. The van der Waals surface area contributed by atoms with E-state index in [1.165, 1.54) is 42.7 Å². The molecule has 9 heteroatoms. The molecule has 0 fully saturated rings. The highest BCUT2D eigenvalue weighted by Gasteiger charge is 2.16. The van der Waals surface area contributed by atoms with Crippen molar-refractivity contribution in [1.29, 1.82) is 0 Å². The summed E-state index contributed by atoms with van der Waals surface area (Å²) in [5.74, 6) is 0.100. The third kappa shape index (κ3) is 5.15. The summed E-state index contributed by atoms with van der Waals surface area (Å²) in [7, 11) is -3.61. The molecule has 3 aromatic rings. The monoisotopic (exact) mass is 412 g/mol. The second-order valence-corrected chi connectivity index (χ2v) is 8.31. The molecule has 1 aromatic heterocycles. The predicted molar refractivity (Wildman–Crippen MR) is 109 cm³/mol. The van der Waals surface area contributed by atoms with Crippen LogP contribution in [-0.4, -0.2) is 35.4 Å². The van der Waals surface area contributed by atoms with Crippen molar-refractivity contribution in [3.63, 3.8) is 0 Å². The summed E-state index contributed by atoms with van der Waals surface area (Å²) in [5, 5.41) is 12.2. The number of hydrogen-bond donors (Lipinski definition) is 3. The van der Waals surface area contributed by atoms with E-state index in [1.54, 1.807) is 32.0 Å². The van der Waals surface area contributed by atoms with Crippen LogP contribution in [0.4, 0.5) is 5.69 Å². The lowest BCUT2D eigenvalue weighted by atomic mass is 10.2. The largest absolute Gasteiger partial charge is 0.508 e. The molecule has 0 aliphatic heterocycles. The van der Waals surface area contributed by atoms with Crippen LogP contribution in [0.25, 0.3) is 11.4 Å². The van der Waals surface area contributed by atoms with Crippen molar-refractivity contribution in [2.45, 2.75) is 24.8 Å². The number of phenolic OH excluding ortho intramolecular Hbond substituents is 1. The van der Waals surface area contributed by atoms with Gasteiger partial charge in [-0.2, -0.15) is 0 Å². The third-order valence-electron chi connectivity index (χ3n) is 3.83. The van der Waals surface area contributed by atoms with Crippen molar-refractivity contribution < 1.29 is 18.3 Å². The number of aromatic nitrogens is 2. The summed E-state index contributed by atoms with van der Waals surface area (Å²) in [6.45, 7) is 3.46. The van der Waals surface area contributed by atoms with Crippen molar-refractivity contribution in [3.8, 4) is 17.1 Å². The molecule has 150 valence electrons. The molecule has 0 saturated carbocycles. The van der Waals surface area contributed by atoms with Gasteiger partial charge in [0.15, 0.2) is 5.82 Å². The van der Waals surface area contributed by atoms with Gasteiger partial charge in [-0.1, -0.05) is 12.1 Å². The van der Waals surface area contributed by atoms with E-state index in [9.17, 15) is 18.3 Å². The minimum absolute atomic E-state index is 0.0848. The van der Waals surface area contributed by atoms with Crippen LogP contribution in [0.3, 0.4) is 0 Å². The van der Waals surface area contributed by atoms with E-state index in [1.807, 2.05) is 0 Å². The van der Waals surface area contributed by atoms with E-state index >= 15 is 0 Å². The molecule has 3 N–H and O–H groups in total. The number of amides is 1. The first-order valence-corrected chi connectivity index (χ1v) is 10.3. The molecule has 0 bridgehead atoms. The van der Waals surface area contributed by atoms with Crippen molar-refractivity contribution in [3.05, 3.63) is 66.5 Å². The molecule has 3 rings (SSSR count). The molecule has 29 heavy (non-hydrogen) atoms. The number of sulfonamides is 1. The Balaban J connectivity index is 1.70. The number of phenols is 1. The van der Waals surface area contributed by atoms with Gasteiger partial charge in [-0.15, -0.1) is 0 Å². The number of rotatable bonds is 6. The van der Waals surface area contributed by atoms with E-state index in [4.69, 9.17) is 0 Å². The van der Waals surface area contributed by atoms with Gasteiger partial charge in [-0.05, 0) is 50.2 Å². The van der Waals surface area contributed by atoms with Crippen LogP contribution in [0.1, 0.15) is 24.2 Å². The second kappa shape index (κ2) is 8.38. The van der Waals surface area contributed by atoms with Gasteiger partial charge in [0.2, 0.25) is 10.0 Å². The van der Waals surface area contributed by atoms with Gasteiger partial charge in [-0.3, -0.25) is 4.79 Å². The first-order valence-electron chi connectivity index (χ1n) is 8.80. The first-order chi connectivity index (χ1) is 13.7. The van der Waals surface area contributed by atoms with Crippen LogP contribution in [0.15, 0.2) is 65.8 Å². The highest BCUT2D eigenvalue weighted by Crippen LogP contribution is 2.20. The summed E-state index contributed by atoms with van der Waals surface area (Å²) in [5.41, 5.74) is 1.33. The lowest BCUT2D eigenvalue weighted by Crippen LogP contribution is -2.30. The standard InChI is InChI=1S/C20H20N4O4S/c1-13(2)24-29(27,28)18-8-6-14(7-9-18)20(26)23-16-11-21-19(22-12-16)15-4-3-5-17(25)10-15/h3-13,24-25H,1-2H3,(H,23,26). The van der Waals surface area contributed by atoms with Gasteiger partial charge < -0.3 is 10.4 Å². The number of aromatic hydroxyl groups is 1. The Kier molecular flexibility index (Phi) is 5.90. The van der Waals surface area contributed by atoms with Crippen LogP contribution in [-0.2, 0) is 10.0 Å². The van der Waals surface area contributed by atoms with Crippen molar-refractivity contribution in [2.24, 2.45) is 0 Å². The van der Waals surface area contributed by atoms with Gasteiger partial charge in [0.1, 0.15) is 5.75 Å². The fraction of sp³-hybridized carbons (Fsp3) is 0.150. The van der Waals surface area contributed by atoms with Gasteiger partial charge >= 0.3 is 0 Å². The van der Waals surface area contributed by atoms with Crippen molar-refractivity contribution in [2.75, 3.05) is 5.32 Å². The van der Waals surface area contributed by atoms with Crippen molar-refractivity contribution in [1.82, 2.24) is 14.7 Å². The molecular formula is C20H20N4O4S. The maximum absolute atomic E-state index is 12.4. The number of anilines is 1. The first kappa shape index (κ1) is 20.4. The number of nitrogens with one attached hydrogen (secondary N) is 2. The molecule has 0 saturated heterocycles. The zero-order chi connectivity index (χ0) is 21.0. The minimum Gasteiger partial charge on any atom is -0.508 e. The van der Waals surface area contributed by atoms with E-state index in [2.05, 4.69) is 20.0 Å². The Labute approximate surface area is 168 Å². The Bertz CT molecular complexity index is 1110. The predicted octanol–water partition coefficient (Wildman–Crippen LogP) is 2.79. The van der Waals surface area contributed by atoms with E-state index < -0.39 is 15.9 Å². The average Bonchev–Trinajstić information content (AvgIpc) is 2.68. The molecule has 8 nitrogen and oxygen atoms in total. The van der Waals surface area contributed by atoms with Gasteiger partial charge in [0, 0.05) is 17.2 Å². The molecule has 0 radical (unpaired) electrons. The topological polar surface area (TPSA) is 121 Å². The normalized spacial score (nSPS) is 11.4. The third-order valence-corrected chi connectivity index (χ3v) is 5.51. The average molecular weight is 412 g/mol. The molecule has 0 spiro atoms. The molecule has 1 heterocycles. The van der Waals surface area contributed by atoms with E-state index in [-0.39, 0.29) is 16.7 Å². The Morgan fingerprint density at radius 3 is 2.28 bits per heavy atom. The summed E-state index contributed by atoms with van der Waals surface area (Å²) in [4.78, 5) is 20.8. The number of carbonyl (C=O) groups excluding carboxylic acids is 1. The highest BCUT2D eigenvalue weighted by atomic mass is 32.2. The zero-order valence-electron chi connectivity index (χ0n) is 15.8. The summed E-state index contributed by atoms with van der Waals surface area (Å²) >= 11 is 0. The zero-order valence-corrected chi connectivity index (χ0v) is 16.6. The molecule has 0 aliphatic carbocycles. The molecule has 0 unspecified atom stereocenters. The lowest BCUT2D eigenvalue weighted by Gasteiger charge is -2.10. The number of carbonyl (C=O) groups is 1. The molecule has 0 aliphatic rings. The summed E-state index contributed by atoms with van der Waals surface area (Å²) < 4.78 is 26.8. The van der Waals surface area contributed by atoms with Gasteiger partial charge in [0.05, 0.1) is 23.0 Å². The fourth-order valence-corrected chi connectivity index (χ4v) is 3.80. The maximum atomic E-state index is 12.4. The lowest BCUT2D eigenvalue weighted by molar-refractivity contribution is 0.102. The van der Waals surface area contributed by atoms with Gasteiger partial charge in [-0.25, -0.2) is 23.1 Å². The van der Waals surface area contributed by atoms with Crippen LogP contribution in [0, 0.1) is 0 Å². The second-order valence-electron chi connectivity index (χ2n) is 6.60. The van der Waals surface area contributed by atoms with Crippen LogP contribution < -0.4 is 10.0 Å². The minimum atomic E-state index is -3.61.